The van der Waals surface area contributed by atoms with Crippen molar-refractivity contribution in [3.8, 4) is 0 Å². The third-order valence-electron chi connectivity index (χ3n) is 3.40. The summed E-state index contributed by atoms with van der Waals surface area (Å²) in [5.41, 5.74) is 10.3. The van der Waals surface area contributed by atoms with E-state index in [9.17, 15) is 4.79 Å². The zero-order chi connectivity index (χ0) is 14.5. The number of rotatable bonds is 4. The SMILES string of the molecule is Cc1cc(C)c(C(=O)NCCc2ccccc2)cc1N. The second-order valence-electron chi connectivity index (χ2n) is 5.02. The van der Waals surface area contributed by atoms with Crippen LogP contribution in [0.2, 0.25) is 0 Å². The van der Waals surface area contributed by atoms with Crippen molar-refractivity contribution >= 4 is 11.6 Å². The van der Waals surface area contributed by atoms with E-state index in [-0.39, 0.29) is 5.91 Å². The fourth-order valence-corrected chi connectivity index (χ4v) is 2.17. The number of benzene rings is 2. The fraction of sp³-hybridized carbons (Fsp3) is 0.235. The molecule has 0 aliphatic heterocycles. The van der Waals surface area contributed by atoms with Gasteiger partial charge in [-0.25, -0.2) is 0 Å². The topological polar surface area (TPSA) is 55.1 Å². The lowest BCUT2D eigenvalue weighted by Crippen LogP contribution is -2.26. The molecule has 2 aromatic rings. The van der Waals surface area contributed by atoms with Crippen LogP contribution in [0.5, 0.6) is 0 Å². The molecule has 3 nitrogen and oxygen atoms in total. The molecule has 0 fully saturated rings. The monoisotopic (exact) mass is 268 g/mol. The summed E-state index contributed by atoms with van der Waals surface area (Å²) in [5, 5.41) is 2.94. The van der Waals surface area contributed by atoms with Gasteiger partial charge in [-0.3, -0.25) is 4.79 Å². The van der Waals surface area contributed by atoms with Crippen molar-refractivity contribution in [1.82, 2.24) is 5.32 Å². The van der Waals surface area contributed by atoms with E-state index in [0.717, 1.165) is 17.5 Å². The molecular weight excluding hydrogens is 248 g/mol. The van der Waals surface area contributed by atoms with Gasteiger partial charge in [0.1, 0.15) is 0 Å². The Morgan fingerprint density at radius 3 is 2.50 bits per heavy atom. The van der Waals surface area contributed by atoms with Crippen molar-refractivity contribution in [1.29, 1.82) is 0 Å². The Hall–Kier alpha value is -2.29. The predicted molar refractivity (Wildman–Crippen MR) is 82.8 cm³/mol. The number of hydrogen-bond donors (Lipinski definition) is 2. The molecule has 104 valence electrons. The summed E-state index contributed by atoms with van der Waals surface area (Å²) in [5.74, 6) is -0.0647. The second kappa shape index (κ2) is 6.24. The minimum Gasteiger partial charge on any atom is -0.398 e. The van der Waals surface area contributed by atoms with Gasteiger partial charge in [0.2, 0.25) is 0 Å². The molecule has 0 heterocycles. The van der Waals surface area contributed by atoms with Crippen LogP contribution in [0.15, 0.2) is 42.5 Å². The second-order valence-corrected chi connectivity index (χ2v) is 5.02. The molecule has 0 saturated carbocycles. The molecule has 20 heavy (non-hydrogen) atoms. The summed E-state index contributed by atoms with van der Waals surface area (Å²) in [4.78, 5) is 12.2. The van der Waals surface area contributed by atoms with Crippen LogP contribution >= 0.6 is 0 Å². The highest BCUT2D eigenvalue weighted by Gasteiger charge is 2.10. The highest BCUT2D eigenvalue weighted by atomic mass is 16.1. The lowest BCUT2D eigenvalue weighted by atomic mass is 10.0. The van der Waals surface area contributed by atoms with E-state index >= 15 is 0 Å². The zero-order valence-corrected chi connectivity index (χ0v) is 11.9. The molecule has 2 rings (SSSR count). The summed E-state index contributed by atoms with van der Waals surface area (Å²) in [6, 6.07) is 13.8. The van der Waals surface area contributed by atoms with E-state index in [4.69, 9.17) is 5.73 Å². The molecule has 0 bridgehead atoms. The number of nitrogen functional groups attached to an aromatic ring is 1. The third-order valence-corrected chi connectivity index (χ3v) is 3.40. The van der Waals surface area contributed by atoms with Crippen LogP contribution in [0, 0.1) is 13.8 Å². The Balaban J connectivity index is 1.97. The predicted octanol–water partition coefficient (Wildman–Crippen LogP) is 2.86. The van der Waals surface area contributed by atoms with Crippen LogP contribution in [0.1, 0.15) is 27.0 Å². The van der Waals surface area contributed by atoms with Gasteiger partial charge in [-0.1, -0.05) is 36.4 Å². The molecular formula is C17H20N2O. The highest BCUT2D eigenvalue weighted by molar-refractivity contribution is 5.96. The van der Waals surface area contributed by atoms with Crippen LogP contribution in [0.4, 0.5) is 5.69 Å². The van der Waals surface area contributed by atoms with Gasteiger partial charge in [-0.15, -0.1) is 0 Å². The van der Waals surface area contributed by atoms with Crippen LogP contribution in [-0.2, 0) is 6.42 Å². The van der Waals surface area contributed by atoms with Gasteiger partial charge < -0.3 is 11.1 Å². The normalized spacial score (nSPS) is 10.3. The summed E-state index contributed by atoms with van der Waals surface area (Å²) >= 11 is 0. The average molecular weight is 268 g/mol. The van der Waals surface area contributed by atoms with Crippen molar-refractivity contribution < 1.29 is 4.79 Å². The summed E-state index contributed by atoms with van der Waals surface area (Å²) in [6.07, 6.45) is 0.826. The molecule has 0 unspecified atom stereocenters. The Bertz CT molecular complexity index is 606. The number of anilines is 1. The van der Waals surface area contributed by atoms with Crippen molar-refractivity contribution in [3.63, 3.8) is 0 Å². The molecule has 3 heteroatoms. The molecule has 0 spiro atoms. The molecule has 0 aliphatic carbocycles. The maximum atomic E-state index is 12.2. The minimum absolute atomic E-state index is 0.0647. The molecule has 0 aliphatic rings. The van der Waals surface area contributed by atoms with Gasteiger partial charge >= 0.3 is 0 Å². The minimum atomic E-state index is -0.0647. The lowest BCUT2D eigenvalue weighted by molar-refractivity contribution is 0.0953. The Morgan fingerprint density at radius 2 is 1.80 bits per heavy atom. The number of hydrogen-bond acceptors (Lipinski definition) is 2. The first-order chi connectivity index (χ1) is 9.58. The summed E-state index contributed by atoms with van der Waals surface area (Å²) in [7, 11) is 0. The molecule has 0 radical (unpaired) electrons. The van der Waals surface area contributed by atoms with Gasteiger partial charge in [-0.05, 0) is 43.0 Å². The van der Waals surface area contributed by atoms with Crippen LogP contribution in [-0.4, -0.2) is 12.5 Å². The number of nitrogens with one attached hydrogen (secondary N) is 1. The summed E-state index contributed by atoms with van der Waals surface area (Å²) < 4.78 is 0. The highest BCUT2D eigenvalue weighted by Crippen LogP contribution is 2.17. The summed E-state index contributed by atoms with van der Waals surface area (Å²) in [6.45, 7) is 4.49. The Labute approximate surface area is 119 Å². The van der Waals surface area contributed by atoms with Gasteiger partial charge in [0.05, 0.1) is 0 Å². The first kappa shape index (κ1) is 14.1. The van der Waals surface area contributed by atoms with E-state index in [1.54, 1.807) is 6.07 Å². The van der Waals surface area contributed by atoms with Gasteiger partial charge in [0.25, 0.3) is 5.91 Å². The van der Waals surface area contributed by atoms with E-state index in [1.807, 2.05) is 38.1 Å². The molecule has 1 amide bonds. The quantitative estimate of drug-likeness (QED) is 0.838. The molecule has 3 N–H and O–H groups in total. The molecule has 0 saturated heterocycles. The van der Waals surface area contributed by atoms with Crippen molar-refractivity contribution in [2.24, 2.45) is 0 Å². The molecule has 0 atom stereocenters. The first-order valence-corrected chi connectivity index (χ1v) is 6.77. The Kier molecular flexibility index (Phi) is 4.41. The smallest absolute Gasteiger partial charge is 0.251 e. The van der Waals surface area contributed by atoms with E-state index in [0.29, 0.717) is 17.8 Å². The molecule has 2 aromatic carbocycles. The van der Waals surface area contributed by atoms with Gasteiger partial charge in [0, 0.05) is 17.8 Å². The average Bonchev–Trinajstić information content (AvgIpc) is 2.44. The number of nitrogens with two attached hydrogens (primary N) is 1. The number of aryl methyl sites for hydroxylation is 2. The van der Waals surface area contributed by atoms with Crippen molar-refractivity contribution in [3.05, 3.63) is 64.7 Å². The zero-order valence-electron chi connectivity index (χ0n) is 11.9. The van der Waals surface area contributed by atoms with Crippen LogP contribution in [0.25, 0.3) is 0 Å². The van der Waals surface area contributed by atoms with Crippen molar-refractivity contribution in [2.75, 3.05) is 12.3 Å². The largest absolute Gasteiger partial charge is 0.398 e. The van der Waals surface area contributed by atoms with Crippen LogP contribution < -0.4 is 11.1 Å². The number of amides is 1. The first-order valence-electron chi connectivity index (χ1n) is 6.77. The third kappa shape index (κ3) is 3.38. The maximum Gasteiger partial charge on any atom is 0.251 e. The number of carbonyl (C=O) groups excluding carboxylic acids is 1. The van der Waals surface area contributed by atoms with Gasteiger partial charge in [-0.2, -0.15) is 0 Å². The van der Waals surface area contributed by atoms with Crippen LogP contribution in [0.3, 0.4) is 0 Å². The lowest BCUT2D eigenvalue weighted by Gasteiger charge is -2.10. The maximum absolute atomic E-state index is 12.2. The Morgan fingerprint density at radius 1 is 1.10 bits per heavy atom. The van der Waals surface area contributed by atoms with E-state index < -0.39 is 0 Å². The van der Waals surface area contributed by atoms with E-state index in [2.05, 4.69) is 17.4 Å². The number of carbonyl (C=O) groups is 1. The van der Waals surface area contributed by atoms with Gasteiger partial charge in [0.15, 0.2) is 0 Å². The standard InChI is InChI=1S/C17H20N2O/c1-12-10-13(2)16(18)11-15(12)17(20)19-9-8-14-6-4-3-5-7-14/h3-7,10-11H,8-9,18H2,1-2H3,(H,19,20). The molecule has 0 aromatic heterocycles. The van der Waals surface area contributed by atoms with Crippen molar-refractivity contribution in [2.45, 2.75) is 20.3 Å². The fourth-order valence-electron chi connectivity index (χ4n) is 2.17. The van der Waals surface area contributed by atoms with E-state index in [1.165, 1.54) is 5.56 Å².